The standard InChI is InChI=1S/C8H18O4/c9-4-1-2-6-12-8(7-11)3-5-10/h8-11H,1-7H2. The Morgan fingerprint density at radius 2 is 1.75 bits per heavy atom. The topological polar surface area (TPSA) is 69.9 Å². The minimum absolute atomic E-state index is 0.0330. The van der Waals surface area contributed by atoms with Crippen molar-refractivity contribution in [3.05, 3.63) is 0 Å². The van der Waals surface area contributed by atoms with Crippen molar-refractivity contribution in [2.24, 2.45) is 0 Å². The normalized spacial score (nSPS) is 13.2. The van der Waals surface area contributed by atoms with E-state index in [-0.39, 0.29) is 25.9 Å². The van der Waals surface area contributed by atoms with Gasteiger partial charge in [0, 0.05) is 19.8 Å². The van der Waals surface area contributed by atoms with E-state index in [1.165, 1.54) is 0 Å². The van der Waals surface area contributed by atoms with Crippen LogP contribution in [-0.2, 0) is 4.74 Å². The third-order valence-electron chi connectivity index (χ3n) is 1.56. The Kier molecular flexibility index (Phi) is 8.81. The molecule has 0 spiro atoms. The maximum Gasteiger partial charge on any atom is 0.0827 e. The molecular formula is C8H18O4. The molecule has 4 heteroatoms. The van der Waals surface area contributed by atoms with Crippen molar-refractivity contribution in [3.8, 4) is 0 Å². The Labute approximate surface area is 72.8 Å². The number of aliphatic hydroxyl groups is 3. The van der Waals surface area contributed by atoms with Gasteiger partial charge in [0.25, 0.3) is 0 Å². The Morgan fingerprint density at radius 1 is 1.00 bits per heavy atom. The van der Waals surface area contributed by atoms with Gasteiger partial charge in [-0.3, -0.25) is 0 Å². The number of ether oxygens (including phenoxy) is 1. The molecule has 0 rings (SSSR count). The van der Waals surface area contributed by atoms with Crippen molar-refractivity contribution in [2.45, 2.75) is 25.4 Å². The fraction of sp³-hybridized carbons (Fsp3) is 1.00. The minimum atomic E-state index is -0.256. The first-order chi connectivity index (χ1) is 5.85. The summed E-state index contributed by atoms with van der Waals surface area (Å²) in [6.45, 7) is 0.684. The predicted molar refractivity (Wildman–Crippen MR) is 44.8 cm³/mol. The van der Waals surface area contributed by atoms with Gasteiger partial charge in [0.15, 0.2) is 0 Å². The third-order valence-corrected chi connectivity index (χ3v) is 1.56. The molecule has 0 aliphatic carbocycles. The van der Waals surface area contributed by atoms with Crippen LogP contribution in [0.4, 0.5) is 0 Å². The van der Waals surface area contributed by atoms with Crippen LogP contribution in [0.15, 0.2) is 0 Å². The average Bonchev–Trinajstić information content (AvgIpc) is 2.10. The van der Waals surface area contributed by atoms with E-state index in [0.29, 0.717) is 13.0 Å². The van der Waals surface area contributed by atoms with Crippen LogP contribution in [0.3, 0.4) is 0 Å². The van der Waals surface area contributed by atoms with Crippen LogP contribution in [0.25, 0.3) is 0 Å². The predicted octanol–water partition coefficient (Wildman–Crippen LogP) is -0.481. The minimum Gasteiger partial charge on any atom is -0.396 e. The molecule has 0 aromatic rings. The lowest BCUT2D eigenvalue weighted by molar-refractivity contribution is -0.00313. The molecule has 0 aromatic carbocycles. The van der Waals surface area contributed by atoms with Crippen molar-refractivity contribution in [1.82, 2.24) is 0 Å². The summed E-state index contributed by atoms with van der Waals surface area (Å²) in [5.41, 5.74) is 0. The molecule has 74 valence electrons. The summed E-state index contributed by atoms with van der Waals surface area (Å²) >= 11 is 0. The Bertz CT molecular complexity index is 87.1. The van der Waals surface area contributed by atoms with Crippen LogP contribution in [0.1, 0.15) is 19.3 Å². The Morgan fingerprint density at radius 3 is 2.25 bits per heavy atom. The van der Waals surface area contributed by atoms with Gasteiger partial charge in [0.1, 0.15) is 0 Å². The number of hydrogen-bond acceptors (Lipinski definition) is 4. The molecule has 3 N–H and O–H groups in total. The molecular weight excluding hydrogens is 160 g/mol. The van der Waals surface area contributed by atoms with Crippen LogP contribution >= 0.6 is 0 Å². The lowest BCUT2D eigenvalue weighted by Crippen LogP contribution is -2.19. The molecule has 0 radical (unpaired) electrons. The fourth-order valence-electron chi connectivity index (χ4n) is 0.835. The second kappa shape index (κ2) is 8.93. The molecule has 1 atom stereocenters. The van der Waals surface area contributed by atoms with Gasteiger partial charge in [0.05, 0.1) is 12.7 Å². The van der Waals surface area contributed by atoms with Crippen molar-refractivity contribution >= 4 is 0 Å². The zero-order valence-electron chi connectivity index (χ0n) is 7.28. The first-order valence-electron chi connectivity index (χ1n) is 4.29. The molecule has 0 aromatic heterocycles. The summed E-state index contributed by atoms with van der Waals surface area (Å²) in [4.78, 5) is 0. The van der Waals surface area contributed by atoms with Crippen molar-refractivity contribution in [1.29, 1.82) is 0 Å². The van der Waals surface area contributed by atoms with Gasteiger partial charge in [-0.15, -0.1) is 0 Å². The van der Waals surface area contributed by atoms with Crippen molar-refractivity contribution in [3.63, 3.8) is 0 Å². The van der Waals surface area contributed by atoms with Gasteiger partial charge < -0.3 is 20.1 Å². The van der Waals surface area contributed by atoms with Crippen LogP contribution in [0.5, 0.6) is 0 Å². The van der Waals surface area contributed by atoms with Gasteiger partial charge in [-0.05, 0) is 19.3 Å². The fourth-order valence-corrected chi connectivity index (χ4v) is 0.835. The van der Waals surface area contributed by atoms with E-state index in [1.54, 1.807) is 0 Å². The summed E-state index contributed by atoms with van der Waals surface area (Å²) in [5.74, 6) is 0. The molecule has 0 fully saturated rings. The maximum absolute atomic E-state index is 8.73. The first kappa shape index (κ1) is 11.8. The molecule has 0 saturated heterocycles. The average molecular weight is 178 g/mol. The molecule has 0 bridgehead atoms. The smallest absolute Gasteiger partial charge is 0.0827 e. The van der Waals surface area contributed by atoms with Crippen LogP contribution in [0, 0.1) is 0 Å². The highest BCUT2D eigenvalue weighted by atomic mass is 16.5. The summed E-state index contributed by atoms with van der Waals surface area (Å²) in [6.07, 6.45) is 1.72. The first-order valence-corrected chi connectivity index (χ1v) is 4.29. The molecule has 0 heterocycles. The number of hydrogen-bond donors (Lipinski definition) is 3. The molecule has 0 amide bonds. The maximum atomic E-state index is 8.73. The van der Waals surface area contributed by atoms with E-state index in [1.807, 2.05) is 0 Å². The number of aliphatic hydroxyl groups excluding tert-OH is 3. The van der Waals surface area contributed by atoms with E-state index in [4.69, 9.17) is 20.1 Å². The van der Waals surface area contributed by atoms with E-state index in [9.17, 15) is 0 Å². The Balaban J connectivity index is 3.19. The van der Waals surface area contributed by atoms with Gasteiger partial charge in [-0.2, -0.15) is 0 Å². The summed E-state index contributed by atoms with van der Waals surface area (Å²) in [6, 6.07) is 0. The highest BCUT2D eigenvalue weighted by Gasteiger charge is 2.05. The van der Waals surface area contributed by atoms with E-state index < -0.39 is 0 Å². The zero-order chi connectivity index (χ0) is 9.23. The van der Waals surface area contributed by atoms with Gasteiger partial charge in [-0.1, -0.05) is 0 Å². The highest BCUT2D eigenvalue weighted by Crippen LogP contribution is 1.98. The summed E-state index contributed by atoms with van der Waals surface area (Å²) in [5, 5.41) is 25.7. The molecule has 1 unspecified atom stereocenters. The molecule has 0 aliphatic heterocycles. The zero-order valence-corrected chi connectivity index (χ0v) is 7.28. The van der Waals surface area contributed by atoms with Gasteiger partial charge in [-0.25, -0.2) is 0 Å². The Hall–Kier alpha value is -0.160. The summed E-state index contributed by atoms with van der Waals surface area (Å²) in [7, 11) is 0. The van der Waals surface area contributed by atoms with Crippen LogP contribution in [-0.4, -0.2) is 47.9 Å². The highest BCUT2D eigenvalue weighted by molar-refractivity contribution is 4.54. The largest absolute Gasteiger partial charge is 0.396 e. The molecule has 0 aliphatic rings. The molecule has 0 saturated carbocycles. The van der Waals surface area contributed by atoms with E-state index in [0.717, 1.165) is 12.8 Å². The number of rotatable bonds is 8. The van der Waals surface area contributed by atoms with Gasteiger partial charge >= 0.3 is 0 Å². The summed E-state index contributed by atoms with van der Waals surface area (Å²) < 4.78 is 5.21. The van der Waals surface area contributed by atoms with Crippen LogP contribution in [0.2, 0.25) is 0 Å². The molecule has 4 nitrogen and oxygen atoms in total. The SMILES string of the molecule is OCCCCOC(CO)CCO. The molecule has 12 heavy (non-hydrogen) atoms. The van der Waals surface area contributed by atoms with Gasteiger partial charge in [0.2, 0.25) is 0 Å². The van der Waals surface area contributed by atoms with E-state index in [2.05, 4.69) is 0 Å². The number of unbranched alkanes of at least 4 members (excludes halogenated alkanes) is 1. The third kappa shape index (κ3) is 6.54. The lowest BCUT2D eigenvalue weighted by atomic mass is 10.3. The van der Waals surface area contributed by atoms with Crippen molar-refractivity contribution in [2.75, 3.05) is 26.4 Å². The quantitative estimate of drug-likeness (QED) is 0.439. The van der Waals surface area contributed by atoms with E-state index >= 15 is 0 Å². The van der Waals surface area contributed by atoms with Crippen molar-refractivity contribution < 1.29 is 20.1 Å². The second-order valence-corrected chi connectivity index (χ2v) is 2.62. The van der Waals surface area contributed by atoms with Crippen LogP contribution < -0.4 is 0 Å². The second-order valence-electron chi connectivity index (χ2n) is 2.62. The lowest BCUT2D eigenvalue weighted by Gasteiger charge is -2.13. The monoisotopic (exact) mass is 178 g/mol.